The molecule has 0 aliphatic carbocycles. The molecule has 3 rings (SSSR count). The standard InChI is InChI=1S/C19H18F3NO4/c1-10-15(19(20,21)22)7-23(2)18(26)17(10)12-5-3-11(4-6-16(24)25)13-8-27-9-14(12)13/h3,5,7H,4,6,8-9H2,1-2H3,(H,24,25). The first-order valence-electron chi connectivity index (χ1n) is 8.32. The van der Waals surface area contributed by atoms with Crippen LogP contribution in [0.15, 0.2) is 23.1 Å². The van der Waals surface area contributed by atoms with Crippen LogP contribution in [0.3, 0.4) is 0 Å². The summed E-state index contributed by atoms with van der Waals surface area (Å²) in [6, 6.07) is 3.26. The third-order valence-corrected chi connectivity index (χ3v) is 4.84. The van der Waals surface area contributed by atoms with E-state index < -0.39 is 23.3 Å². The summed E-state index contributed by atoms with van der Waals surface area (Å²) < 4.78 is 46.5. The van der Waals surface area contributed by atoms with Gasteiger partial charge in [0.05, 0.1) is 24.3 Å². The lowest BCUT2D eigenvalue weighted by Crippen LogP contribution is -2.24. The summed E-state index contributed by atoms with van der Waals surface area (Å²) in [5, 5.41) is 8.88. The van der Waals surface area contributed by atoms with Crippen LogP contribution in [0.25, 0.3) is 11.1 Å². The molecule has 2 heterocycles. The van der Waals surface area contributed by atoms with Crippen molar-refractivity contribution in [1.82, 2.24) is 4.57 Å². The average Bonchev–Trinajstić information content (AvgIpc) is 3.06. The van der Waals surface area contributed by atoms with Gasteiger partial charge in [-0.15, -0.1) is 0 Å². The number of aliphatic carboxylic acids is 1. The van der Waals surface area contributed by atoms with E-state index >= 15 is 0 Å². The van der Waals surface area contributed by atoms with Crippen molar-refractivity contribution < 1.29 is 27.8 Å². The lowest BCUT2D eigenvalue weighted by Gasteiger charge is -2.18. The minimum absolute atomic E-state index is 0.00106. The van der Waals surface area contributed by atoms with E-state index in [1.165, 1.54) is 14.0 Å². The number of alkyl halides is 3. The predicted molar refractivity (Wildman–Crippen MR) is 91.3 cm³/mol. The third kappa shape index (κ3) is 3.49. The van der Waals surface area contributed by atoms with Gasteiger partial charge in [0.1, 0.15) is 0 Å². The normalized spacial score (nSPS) is 13.7. The van der Waals surface area contributed by atoms with E-state index in [1.54, 1.807) is 12.1 Å². The van der Waals surface area contributed by atoms with Gasteiger partial charge in [-0.1, -0.05) is 12.1 Å². The number of aromatic nitrogens is 1. The first-order chi connectivity index (χ1) is 12.6. The lowest BCUT2D eigenvalue weighted by atomic mass is 9.89. The number of carboxylic acids is 1. The molecule has 0 unspecified atom stereocenters. The molecule has 1 N–H and O–H groups in total. The second-order valence-corrected chi connectivity index (χ2v) is 6.57. The van der Waals surface area contributed by atoms with E-state index in [9.17, 15) is 22.8 Å². The zero-order valence-electron chi connectivity index (χ0n) is 14.8. The van der Waals surface area contributed by atoms with E-state index in [-0.39, 0.29) is 30.8 Å². The Balaban J connectivity index is 2.21. The van der Waals surface area contributed by atoms with Crippen LogP contribution in [-0.4, -0.2) is 15.6 Å². The Bertz CT molecular complexity index is 976. The van der Waals surface area contributed by atoms with Crippen molar-refractivity contribution in [3.63, 3.8) is 0 Å². The smallest absolute Gasteiger partial charge is 0.418 e. The summed E-state index contributed by atoms with van der Waals surface area (Å²) in [7, 11) is 1.29. The second-order valence-electron chi connectivity index (χ2n) is 6.57. The van der Waals surface area contributed by atoms with Gasteiger partial charge in [0.15, 0.2) is 0 Å². The number of fused-ring (bicyclic) bond motifs is 1. The number of carbonyl (C=O) groups is 1. The number of rotatable bonds is 4. The molecular weight excluding hydrogens is 363 g/mol. The molecular formula is C19H18F3NO4. The molecule has 8 heteroatoms. The molecule has 5 nitrogen and oxygen atoms in total. The second kappa shape index (κ2) is 6.84. The number of hydrogen-bond donors (Lipinski definition) is 1. The highest BCUT2D eigenvalue weighted by Crippen LogP contribution is 2.38. The number of ether oxygens (including phenoxy) is 1. The van der Waals surface area contributed by atoms with Gasteiger partial charge >= 0.3 is 12.1 Å². The summed E-state index contributed by atoms with van der Waals surface area (Å²) in [6.07, 6.45) is -3.54. The van der Waals surface area contributed by atoms with Crippen LogP contribution in [0.2, 0.25) is 0 Å². The van der Waals surface area contributed by atoms with Crippen LogP contribution in [0.1, 0.15) is 34.2 Å². The van der Waals surface area contributed by atoms with Gasteiger partial charge < -0.3 is 14.4 Å². The average molecular weight is 381 g/mol. The van der Waals surface area contributed by atoms with Crippen LogP contribution in [0.5, 0.6) is 0 Å². The Morgan fingerprint density at radius 1 is 1.26 bits per heavy atom. The number of pyridine rings is 1. The highest BCUT2D eigenvalue weighted by atomic mass is 19.4. The van der Waals surface area contributed by atoms with Crippen molar-refractivity contribution >= 4 is 5.97 Å². The summed E-state index contributed by atoms with van der Waals surface area (Å²) in [5.74, 6) is -0.936. The van der Waals surface area contributed by atoms with Gasteiger partial charge in [0, 0.05) is 19.7 Å². The Morgan fingerprint density at radius 3 is 2.56 bits per heavy atom. The molecule has 1 aliphatic heterocycles. The molecule has 0 radical (unpaired) electrons. The molecule has 0 fully saturated rings. The van der Waals surface area contributed by atoms with Crippen LogP contribution >= 0.6 is 0 Å². The third-order valence-electron chi connectivity index (χ3n) is 4.84. The largest absolute Gasteiger partial charge is 0.481 e. The van der Waals surface area contributed by atoms with Crippen LogP contribution in [0, 0.1) is 6.92 Å². The van der Waals surface area contributed by atoms with E-state index in [2.05, 4.69) is 0 Å². The summed E-state index contributed by atoms with van der Waals surface area (Å²) in [5.41, 5.74) is 1.08. The Morgan fingerprint density at radius 2 is 1.93 bits per heavy atom. The number of aryl methyl sites for hydroxylation is 2. The van der Waals surface area contributed by atoms with Crippen molar-refractivity contribution in [2.24, 2.45) is 7.05 Å². The Kier molecular flexibility index (Phi) is 4.86. The lowest BCUT2D eigenvalue weighted by molar-refractivity contribution is -0.138. The summed E-state index contributed by atoms with van der Waals surface area (Å²) in [4.78, 5) is 23.5. The molecule has 2 aromatic rings. The van der Waals surface area contributed by atoms with E-state index in [0.29, 0.717) is 17.5 Å². The van der Waals surface area contributed by atoms with Gasteiger partial charge in [0.25, 0.3) is 5.56 Å². The number of carboxylic acid groups (broad SMARTS) is 1. The molecule has 0 saturated carbocycles. The van der Waals surface area contributed by atoms with Crippen LogP contribution in [-0.2, 0) is 42.4 Å². The van der Waals surface area contributed by atoms with E-state index in [0.717, 1.165) is 21.9 Å². The number of halogens is 3. The molecule has 144 valence electrons. The fraction of sp³-hybridized carbons (Fsp3) is 0.368. The molecule has 1 aromatic heterocycles. The van der Waals surface area contributed by atoms with Gasteiger partial charge in [-0.25, -0.2) is 0 Å². The number of hydrogen-bond acceptors (Lipinski definition) is 3. The highest BCUT2D eigenvalue weighted by molar-refractivity contribution is 5.74. The van der Waals surface area contributed by atoms with Crippen LogP contribution in [0.4, 0.5) is 13.2 Å². The van der Waals surface area contributed by atoms with Crippen molar-refractivity contribution in [1.29, 1.82) is 0 Å². The van der Waals surface area contributed by atoms with E-state index in [1.807, 2.05) is 0 Å². The Hall–Kier alpha value is -2.61. The molecule has 0 saturated heterocycles. The molecule has 27 heavy (non-hydrogen) atoms. The summed E-state index contributed by atoms with van der Waals surface area (Å²) in [6.45, 7) is 1.71. The molecule has 0 bridgehead atoms. The maximum atomic E-state index is 13.4. The molecule has 1 aromatic carbocycles. The minimum Gasteiger partial charge on any atom is -0.481 e. The number of nitrogens with zero attached hydrogens (tertiary/aromatic N) is 1. The van der Waals surface area contributed by atoms with E-state index in [4.69, 9.17) is 9.84 Å². The molecule has 0 spiro atoms. The molecule has 0 amide bonds. The maximum absolute atomic E-state index is 13.4. The fourth-order valence-electron chi connectivity index (χ4n) is 3.47. The van der Waals surface area contributed by atoms with Crippen molar-refractivity contribution in [2.75, 3.05) is 0 Å². The summed E-state index contributed by atoms with van der Waals surface area (Å²) >= 11 is 0. The zero-order valence-corrected chi connectivity index (χ0v) is 14.8. The molecule has 1 aliphatic rings. The fourth-order valence-corrected chi connectivity index (χ4v) is 3.47. The quantitative estimate of drug-likeness (QED) is 0.881. The highest BCUT2D eigenvalue weighted by Gasteiger charge is 2.35. The van der Waals surface area contributed by atoms with Gasteiger partial charge in [-0.3, -0.25) is 9.59 Å². The van der Waals surface area contributed by atoms with Crippen molar-refractivity contribution in [3.05, 3.63) is 56.5 Å². The maximum Gasteiger partial charge on any atom is 0.418 e. The number of benzene rings is 1. The van der Waals surface area contributed by atoms with Crippen molar-refractivity contribution in [2.45, 2.75) is 39.2 Å². The topological polar surface area (TPSA) is 68.5 Å². The van der Waals surface area contributed by atoms with Gasteiger partial charge in [-0.05, 0) is 41.2 Å². The van der Waals surface area contributed by atoms with Gasteiger partial charge in [0.2, 0.25) is 0 Å². The molecule has 0 atom stereocenters. The van der Waals surface area contributed by atoms with Crippen LogP contribution < -0.4 is 5.56 Å². The first kappa shape index (κ1) is 19.2. The SMILES string of the molecule is Cc1c(C(F)(F)F)cn(C)c(=O)c1-c1ccc(CCC(=O)O)c2c1COC2. The van der Waals surface area contributed by atoms with Gasteiger partial charge in [-0.2, -0.15) is 13.2 Å². The Labute approximate surface area is 153 Å². The zero-order chi connectivity index (χ0) is 19.9. The van der Waals surface area contributed by atoms with Crippen molar-refractivity contribution in [3.8, 4) is 11.1 Å². The monoisotopic (exact) mass is 381 g/mol. The predicted octanol–water partition coefficient (Wildman–Crippen LogP) is 3.43. The minimum atomic E-state index is -4.58. The first-order valence-corrected chi connectivity index (χ1v) is 8.32.